The molecular weight excluding hydrogens is 291 g/mol. The molecule has 0 radical (unpaired) electrons. The van der Waals surface area contributed by atoms with E-state index in [9.17, 15) is 9.18 Å². The summed E-state index contributed by atoms with van der Waals surface area (Å²) >= 11 is 5.87. The van der Waals surface area contributed by atoms with Crippen LogP contribution >= 0.6 is 11.6 Å². The molecule has 0 fully saturated rings. The fraction of sp³-hybridized carbons (Fsp3) is 0.188. The highest BCUT2D eigenvalue weighted by molar-refractivity contribution is 6.30. The van der Waals surface area contributed by atoms with Gasteiger partial charge in [0.15, 0.2) is 0 Å². The van der Waals surface area contributed by atoms with Gasteiger partial charge in [-0.15, -0.1) is 0 Å². The number of halogens is 2. The minimum atomic E-state index is -0.318. The number of nitrogens with zero attached hydrogens (tertiary/aromatic N) is 1. The quantitative estimate of drug-likeness (QED) is 0.907. The van der Waals surface area contributed by atoms with E-state index in [1.807, 2.05) is 6.92 Å². The maximum Gasteiger partial charge on any atom is 0.243 e. The summed E-state index contributed by atoms with van der Waals surface area (Å²) in [7, 11) is 0. The second-order valence-electron chi connectivity index (χ2n) is 4.55. The summed E-state index contributed by atoms with van der Waals surface area (Å²) in [5.41, 5.74) is 1.32. The van der Waals surface area contributed by atoms with Gasteiger partial charge in [0, 0.05) is 22.9 Å². The van der Waals surface area contributed by atoms with Crippen LogP contribution in [0.15, 0.2) is 48.5 Å². The second-order valence-corrected chi connectivity index (χ2v) is 4.99. The fourth-order valence-corrected chi connectivity index (χ4v) is 2.19. The predicted octanol–water partition coefficient (Wildman–Crippen LogP) is 3.94. The van der Waals surface area contributed by atoms with Crippen molar-refractivity contribution in [2.45, 2.75) is 6.92 Å². The molecule has 0 saturated heterocycles. The lowest BCUT2D eigenvalue weighted by atomic mass is 10.2. The van der Waals surface area contributed by atoms with E-state index < -0.39 is 0 Å². The fourth-order valence-electron chi connectivity index (χ4n) is 2.00. The first-order valence-corrected chi connectivity index (χ1v) is 7.02. The minimum absolute atomic E-state index is 0.145. The lowest BCUT2D eigenvalue weighted by Crippen LogP contribution is -2.33. The molecule has 0 unspecified atom stereocenters. The van der Waals surface area contributed by atoms with Gasteiger partial charge in [0.1, 0.15) is 5.82 Å². The van der Waals surface area contributed by atoms with Crippen molar-refractivity contribution >= 4 is 28.9 Å². The monoisotopic (exact) mass is 306 g/mol. The van der Waals surface area contributed by atoms with Crippen LogP contribution in [-0.4, -0.2) is 19.0 Å². The van der Waals surface area contributed by atoms with E-state index in [2.05, 4.69) is 5.32 Å². The smallest absolute Gasteiger partial charge is 0.243 e. The van der Waals surface area contributed by atoms with E-state index in [-0.39, 0.29) is 18.3 Å². The van der Waals surface area contributed by atoms with Crippen molar-refractivity contribution in [3.63, 3.8) is 0 Å². The largest absolute Gasteiger partial charge is 0.362 e. The molecule has 3 nitrogen and oxygen atoms in total. The standard InChI is InChI=1S/C16H16ClFN2O/c1-2-20(15-8-4-6-13(18)10-15)11-16(21)19-14-7-3-5-12(17)9-14/h3-10H,2,11H2,1H3,(H,19,21). The van der Waals surface area contributed by atoms with Crippen LogP contribution in [0, 0.1) is 5.82 Å². The number of amides is 1. The lowest BCUT2D eigenvalue weighted by molar-refractivity contribution is -0.115. The number of hydrogen-bond donors (Lipinski definition) is 1. The van der Waals surface area contributed by atoms with Crippen LogP contribution in [0.25, 0.3) is 0 Å². The molecule has 0 aromatic heterocycles. The topological polar surface area (TPSA) is 32.3 Å². The van der Waals surface area contributed by atoms with E-state index in [4.69, 9.17) is 11.6 Å². The average molecular weight is 307 g/mol. The molecule has 0 aliphatic rings. The third kappa shape index (κ3) is 4.46. The number of carbonyl (C=O) groups excluding carboxylic acids is 1. The maximum absolute atomic E-state index is 13.3. The van der Waals surface area contributed by atoms with E-state index in [0.717, 1.165) is 0 Å². The Morgan fingerprint density at radius 2 is 2.00 bits per heavy atom. The van der Waals surface area contributed by atoms with Gasteiger partial charge < -0.3 is 10.2 Å². The molecule has 0 aliphatic carbocycles. The highest BCUT2D eigenvalue weighted by atomic mass is 35.5. The number of benzene rings is 2. The van der Waals surface area contributed by atoms with Crippen LogP contribution in [0.5, 0.6) is 0 Å². The van der Waals surface area contributed by atoms with Gasteiger partial charge in [-0.3, -0.25) is 4.79 Å². The highest BCUT2D eigenvalue weighted by Gasteiger charge is 2.11. The zero-order valence-corrected chi connectivity index (χ0v) is 12.4. The first-order chi connectivity index (χ1) is 10.1. The third-order valence-electron chi connectivity index (χ3n) is 3.00. The molecule has 0 aliphatic heterocycles. The summed E-state index contributed by atoms with van der Waals surface area (Å²) in [6.07, 6.45) is 0. The molecule has 1 amide bonds. The van der Waals surface area contributed by atoms with Crippen molar-refractivity contribution in [3.05, 3.63) is 59.4 Å². The predicted molar refractivity (Wildman–Crippen MR) is 84.4 cm³/mol. The zero-order valence-electron chi connectivity index (χ0n) is 11.6. The van der Waals surface area contributed by atoms with E-state index >= 15 is 0 Å². The number of rotatable bonds is 5. The lowest BCUT2D eigenvalue weighted by Gasteiger charge is -2.22. The van der Waals surface area contributed by atoms with Gasteiger partial charge in [-0.25, -0.2) is 4.39 Å². The molecule has 0 spiro atoms. The van der Waals surface area contributed by atoms with Gasteiger partial charge in [-0.05, 0) is 43.3 Å². The Morgan fingerprint density at radius 1 is 1.24 bits per heavy atom. The first kappa shape index (κ1) is 15.3. The number of anilines is 2. The van der Waals surface area contributed by atoms with Gasteiger partial charge in [0.25, 0.3) is 0 Å². The normalized spacial score (nSPS) is 10.2. The molecule has 2 aromatic carbocycles. The van der Waals surface area contributed by atoms with Crippen molar-refractivity contribution in [1.29, 1.82) is 0 Å². The van der Waals surface area contributed by atoms with Gasteiger partial charge >= 0.3 is 0 Å². The molecule has 110 valence electrons. The highest BCUT2D eigenvalue weighted by Crippen LogP contribution is 2.17. The van der Waals surface area contributed by atoms with Crippen LogP contribution in [0.2, 0.25) is 5.02 Å². The third-order valence-corrected chi connectivity index (χ3v) is 3.23. The summed E-state index contributed by atoms with van der Waals surface area (Å²) in [4.78, 5) is 13.9. The van der Waals surface area contributed by atoms with Gasteiger partial charge in [0.2, 0.25) is 5.91 Å². The number of likely N-dealkylation sites (N-methyl/N-ethyl adjacent to an activating group) is 1. The van der Waals surface area contributed by atoms with E-state index in [1.165, 1.54) is 12.1 Å². The summed E-state index contributed by atoms with van der Waals surface area (Å²) < 4.78 is 13.3. The first-order valence-electron chi connectivity index (χ1n) is 6.64. The van der Waals surface area contributed by atoms with Crippen molar-refractivity contribution in [1.82, 2.24) is 0 Å². The summed E-state index contributed by atoms with van der Waals surface area (Å²) in [6.45, 7) is 2.66. The van der Waals surface area contributed by atoms with Crippen molar-refractivity contribution in [3.8, 4) is 0 Å². The summed E-state index contributed by atoms with van der Waals surface area (Å²) in [6, 6.07) is 13.1. The molecule has 5 heteroatoms. The van der Waals surface area contributed by atoms with Crippen LogP contribution in [0.1, 0.15) is 6.92 Å². The molecule has 2 aromatic rings. The second kappa shape index (κ2) is 7.09. The van der Waals surface area contributed by atoms with Crippen molar-refractivity contribution in [2.75, 3.05) is 23.3 Å². The summed E-state index contributed by atoms with van der Waals surface area (Å²) in [5.74, 6) is -0.496. The van der Waals surface area contributed by atoms with Gasteiger partial charge in [-0.1, -0.05) is 23.7 Å². The van der Waals surface area contributed by atoms with Crippen LogP contribution in [0.3, 0.4) is 0 Å². The van der Waals surface area contributed by atoms with Crippen molar-refractivity contribution in [2.24, 2.45) is 0 Å². The Bertz CT molecular complexity index is 633. The Hall–Kier alpha value is -2.07. The molecule has 0 atom stereocenters. The maximum atomic E-state index is 13.3. The Labute approximate surface area is 128 Å². The average Bonchev–Trinajstić information content (AvgIpc) is 2.44. The molecule has 0 heterocycles. The molecular formula is C16H16ClFN2O. The Balaban J connectivity index is 2.03. The minimum Gasteiger partial charge on any atom is -0.362 e. The number of nitrogens with one attached hydrogen (secondary N) is 1. The zero-order chi connectivity index (χ0) is 15.2. The van der Waals surface area contributed by atoms with Gasteiger partial charge in [0.05, 0.1) is 6.54 Å². The van der Waals surface area contributed by atoms with Crippen LogP contribution in [-0.2, 0) is 4.79 Å². The summed E-state index contributed by atoms with van der Waals surface area (Å²) in [5, 5.41) is 3.33. The molecule has 2 rings (SSSR count). The SMILES string of the molecule is CCN(CC(=O)Nc1cccc(Cl)c1)c1cccc(F)c1. The molecule has 0 bridgehead atoms. The number of hydrogen-bond acceptors (Lipinski definition) is 2. The molecule has 1 N–H and O–H groups in total. The Morgan fingerprint density at radius 3 is 2.67 bits per heavy atom. The molecule has 21 heavy (non-hydrogen) atoms. The van der Waals surface area contributed by atoms with Crippen molar-refractivity contribution < 1.29 is 9.18 Å². The van der Waals surface area contributed by atoms with E-state index in [1.54, 1.807) is 41.3 Å². The van der Waals surface area contributed by atoms with Gasteiger partial charge in [-0.2, -0.15) is 0 Å². The van der Waals surface area contributed by atoms with Crippen LogP contribution < -0.4 is 10.2 Å². The number of carbonyl (C=O) groups is 1. The van der Waals surface area contributed by atoms with E-state index in [0.29, 0.717) is 22.9 Å². The van der Waals surface area contributed by atoms with Crippen LogP contribution in [0.4, 0.5) is 15.8 Å². The Kier molecular flexibility index (Phi) is 5.17. The molecule has 0 saturated carbocycles.